The zero-order valence-corrected chi connectivity index (χ0v) is 41.9. The topological polar surface area (TPSA) is 6.48 Å². The molecule has 1 aromatic heterocycles. The third-order valence-electron chi connectivity index (χ3n) is 16.0. The number of benzene rings is 9. The van der Waals surface area contributed by atoms with Gasteiger partial charge in [-0.25, -0.2) is 0 Å². The molecular weight excluding hydrogens is 876 g/mol. The lowest BCUT2D eigenvalue weighted by molar-refractivity contribution is 0.588. The minimum Gasteiger partial charge on any atom is -0.311 e. The molecule has 0 saturated heterocycles. The number of anilines is 6. The van der Waals surface area contributed by atoms with Crippen molar-refractivity contribution in [3.05, 3.63) is 245 Å². The SMILES string of the molecule is CC(C)(C)c1ccc(-c2ccccc2)c(-c2ccc3c(c2)N(c2ccccc2)c2cccc4c2B3c2sc3c(c2N4c2ccccc2)-c2ccc(C(C)(C)C)cc2C32c3ccccc3-c3ccccc32)c1. The van der Waals surface area contributed by atoms with Crippen LogP contribution in [0.15, 0.2) is 212 Å². The van der Waals surface area contributed by atoms with Crippen LogP contribution < -0.4 is 25.5 Å². The molecule has 2 aliphatic carbocycles. The number of hydrogen-bond acceptors (Lipinski definition) is 3. The highest BCUT2D eigenvalue weighted by Gasteiger charge is 2.57. The van der Waals surface area contributed by atoms with Gasteiger partial charge in [-0.15, -0.1) is 11.3 Å². The van der Waals surface area contributed by atoms with Gasteiger partial charge in [0.2, 0.25) is 0 Å². The minimum absolute atomic E-state index is 0.0169. The number of fused-ring (bicyclic) bond motifs is 15. The first kappa shape index (κ1) is 42.2. The van der Waals surface area contributed by atoms with Crippen molar-refractivity contribution in [2.75, 3.05) is 9.80 Å². The lowest BCUT2D eigenvalue weighted by Gasteiger charge is -2.43. The van der Waals surface area contributed by atoms with Gasteiger partial charge in [-0.3, -0.25) is 0 Å². The van der Waals surface area contributed by atoms with Gasteiger partial charge in [0, 0.05) is 43.7 Å². The fourth-order valence-corrected chi connectivity index (χ4v) is 14.3. The van der Waals surface area contributed by atoms with Crippen LogP contribution in [0, 0.1) is 0 Å². The van der Waals surface area contributed by atoms with E-state index >= 15 is 0 Å². The standard InChI is InChI=1S/C67H53BN2S/c1-65(2,3)44-34-36-48(42-21-10-7-11-22-42)52(40-44)43-33-38-56-59(39-43)69(46-23-12-8-13-24-46)57-31-20-32-58-61(57)68(56)64-62(70(58)47-25-14-9-15-26-47)60-51-37-35-45(66(4,5)6)41-55(51)67(63(60)71-64)53-29-18-16-27-49(53)50-28-17-19-30-54(50)67/h7-41H,1-6H3. The molecule has 71 heavy (non-hydrogen) atoms. The van der Waals surface area contributed by atoms with Gasteiger partial charge < -0.3 is 9.80 Å². The molecule has 14 rings (SSSR count). The Kier molecular flexibility index (Phi) is 9.03. The Bertz CT molecular complexity index is 3750. The summed E-state index contributed by atoms with van der Waals surface area (Å²) in [5.74, 6) is 0. The van der Waals surface area contributed by atoms with Crippen LogP contribution in [0.4, 0.5) is 34.1 Å². The van der Waals surface area contributed by atoms with E-state index in [1.165, 1.54) is 121 Å². The van der Waals surface area contributed by atoms with E-state index < -0.39 is 5.41 Å². The van der Waals surface area contributed by atoms with E-state index in [0.717, 1.165) is 5.69 Å². The van der Waals surface area contributed by atoms with Gasteiger partial charge in [0.1, 0.15) is 0 Å². The van der Waals surface area contributed by atoms with Crippen molar-refractivity contribution in [2.45, 2.75) is 57.8 Å². The molecular formula is C67H53BN2S. The van der Waals surface area contributed by atoms with Crippen LogP contribution in [0.2, 0.25) is 0 Å². The molecule has 0 unspecified atom stereocenters. The van der Waals surface area contributed by atoms with E-state index in [1.807, 2.05) is 0 Å². The lowest BCUT2D eigenvalue weighted by Crippen LogP contribution is -2.60. The maximum Gasteiger partial charge on any atom is 0.264 e. The van der Waals surface area contributed by atoms with Crippen molar-refractivity contribution < 1.29 is 0 Å². The first-order valence-corrected chi connectivity index (χ1v) is 26.0. The van der Waals surface area contributed by atoms with E-state index in [-0.39, 0.29) is 17.5 Å². The fraction of sp³-hybridized carbons (Fsp3) is 0.134. The molecule has 1 spiro atoms. The Balaban J connectivity index is 1.10. The average molecular weight is 929 g/mol. The first-order valence-electron chi connectivity index (χ1n) is 25.2. The Morgan fingerprint density at radius 3 is 1.59 bits per heavy atom. The van der Waals surface area contributed by atoms with E-state index in [0.29, 0.717) is 0 Å². The van der Waals surface area contributed by atoms with Gasteiger partial charge in [-0.2, -0.15) is 0 Å². The molecule has 2 nitrogen and oxygen atoms in total. The molecule has 0 radical (unpaired) electrons. The van der Waals surface area contributed by atoms with Crippen molar-refractivity contribution >= 4 is 67.9 Å². The van der Waals surface area contributed by atoms with Crippen LogP contribution >= 0.6 is 11.3 Å². The maximum absolute atomic E-state index is 2.62. The number of rotatable bonds is 4. The molecule has 4 aliphatic rings. The molecule has 10 aromatic rings. The number of thiophene rings is 1. The van der Waals surface area contributed by atoms with Gasteiger partial charge in [0.05, 0.1) is 11.1 Å². The lowest BCUT2D eigenvalue weighted by atomic mass is 9.36. The third kappa shape index (κ3) is 5.95. The molecule has 9 aromatic carbocycles. The van der Waals surface area contributed by atoms with Crippen LogP contribution in [0.1, 0.15) is 74.2 Å². The van der Waals surface area contributed by atoms with Gasteiger partial charge in [0.15, 0.2) is 0 Å². The number of nitrogens with zero attached hydrogens (tertiary/aromatic N) is 2. The second kappa shape index (κ2) is 15.2. The summed E-state index contributed by atoms with van der Waals surface area (Å²) in [6.07, 6.45) is 0. The molecule has 3 heterocycles. The molecule has 0 saturated carbocycles. The fourth-order valence-electron chi connectivity index (χ4n) is 12.7. The predicted molar refractivity (Wildman–Crippen MR) is 303 cm³/mol. The zero-order chi connectivity index (χ0) is 48.0. The van der Waals surface area contributed by atoms with E-state index in [9.17, 15) is 0 Å². The maximum atomic E-state index is 2.62. The van der Waals surface area contributed by atoms with Crippen LogP contribution in [0.5, 0.6) is 0 Å². The Morgan fingerprint density at radius 2 is 0.958 bits per heavy atom. The van der Waals surface area contributed by atoms with Gasteiger partial charge in [0.25, 0.3) is 6.71 Å². The number of para-hydroxylation sites is 2. The summed E-state index contributed by atoms with van der Waals surface area (Å²) in [5.41, 5.74) is 26.6. The van der Waals surface area contributed by atoms with E-state index in [2.05, 4.69) is 275 Å². The monoisotopic (exact) mass is 928 g/mol. The van der Waals surface area contributed by atoms with Crippen molar-refractivity contribution in [3.63, 3.8) is 0 Å². The summed E-state index contributed by atoms with van der Waals surface area (Å²) < 4.78 is 1.40. The van der Waals surface area contributed by atoms with Crippen molar-refractivity contribution in [1.82, 2.24) is 0 Å². The minimum atomic E-state index is -0.484. The van der Waals surface area contributed by atoms with E-state index in [4.69, 9.17) is 0 Å². The molecule has 0 N–H and O–H groups in total. The Morgan fingerprint density at radius 1 is 0.408 bits per heavy atom. The second-order valence-electron chi connectivity index (χ2n) is 22.0. The van der Waals surface area contributed by atoms with Gasteiger partial charge in [-0.05, 0) is 131 Å². The summed E-state index contributed by atoms with van der Waals surface area (Å²) >= 11 is 2.06. The van der Waals surface area contributed by atoms with Gasteiger partial charge >= 0.3 is 0 Å². The molecule has 0 amide bonds. The normalized spacial score (nSPS) is 14.4. The molecule has 0 bridgehead atoms. The van der Waals surface area contributed by atoms with Crippen LogP contribution in [-0.2, 0) is 16.2 Å². The quantitative estimate of drug-likeness (QED) is 0.162. The smallest absolute Gasteiger partial charge is 0.264 e. The largest absolute Gasteiger partial charge is 0.311 e. The second-order valence-corrected chi connectivity index (χ2v) is 23.1. The van der Waals surface area contributed by atoms with Crippen molar-refractivity contribution in [1.29, 1.82) is 0 Å². The summed E-state index contributed by atoms with van der Waals surface area (Å²) in [7, 11) is 0. The molecule has 0 fully saturated rings. The first-order chi connectivity index (χ1) is 34.5. The van der Waals surface area contributed by atoms with E-state index in [1.54, 1.807) is 0 Å². The zero-order valence-electron chi connectivity index (χ0n) is 41.1. The highest BCUT2D eigenvalue weighted by Crippen LogP contribution is 2.67. The molecule has 0 atom stereocenters. The van der Waals surface area contributed by atoms with Crippen molar-refractivity contribution in [2.24, 2.45) is 0 Å². The highest BCUT2D eigenvalue weighted by molar-refractivity contribution is 7.30. The van der Waals surface area contributed by atoms with Gasteiger partial charge in [-0.1, -0.05) is 211 Å². The molecule has 340 valence electrons. The third-order valence-corrected chi connectivity index (χ3v) is 17.3. The molecule has 2 aliphatic heterocycles. The summed E-state index contributed by atoms with van der Waals surface area (Å²) in [4.78, 5) is 6.60. The summed E-state index contributed by atoms with van der Waals surface area (Å²) in [6.45, 7) is 14.0. The van der Waals surface area contributed by atoms with Crippen LogP contribution in [-0.4, -0.2) is 6.71 Å². The summed E-state index contributed by atoms with van der Waals surface area (Å²) in [5, 5.41) is 0. The average Bonchev–Trinajstić information content (AvgIpc) is 4.03. The van der Waals surface area contributed by atoms with Crippen LogP contribution in [0.25, 0.3) is 44.5 Å². The summed E-state index contributed by atoms with van der Waals surface area (Å²) in [6, 6.07) is 80.6. The Labute approximate surface area is 422 Å². The van der Waals surface area contributed by atoms with Crippen LogP contribution in [0.3, 0.4) is 0 Å². The highest BCUT2D eigenvalue weighted by atomic mass is 32.1. The Hall–Kier alpha value is -7.66. The molecule has 4 heteroatoms. The predicted octanol–water partition coefficient (Wildman–Crippen LogP) is 16.1. The van der Waals surface area contributed by atoms with Crippen molar-refractivity contribution in [3.8, 4) is 44.5 Å². The number of hydrogen-bond donors (Lipinski definition) is 0.